The fourth-order valence-electron chi connectivity index (χ4n) is 3.36. The van der Waals surface area contributed by atoms with Gasteiger partial charge in [-0.3, -0.25) is 14.8 Å². The lowest BCUT2D eigenvalue weighted by Gasteiger charge is -2.39. The van der Waals surface area contributed by atoms with Crippen LogP contribution in [0.25, 0.3) is 0 Å². The average molecular weight is 342 g/mol. The molecule has 25 heavy (non-hydrogen) atoms. The highest BCUT2D eigenvalue weighted by atomic mass is 16.5. The SMILES string of the molecule is CC(C)c1[nH]ncc1C(=O)NC[C@@H]1OCCN(C)[C@H]1c1ccccc1. The zero-order valence-electron chi connectivity index (χ0n) is 15.0. The van der Waals surface area contributed by atoms with Gasteiger partial charge < -0.3 is 10.1 Å². The Morgan fingerprint density at radius 1 is 1.40 bits per heavy atom. The summed E-state index contributed by atoms with van der Waals surface area (Å²) in [5.41, 5.74) is 2.67. The summed E-state index contributed by atoms with van der Waals surface area (Å²) in [6.07, 6.45) is 1.51. The molecular formula is C19H26N4O2. The van der Waals surface area contributed by atoms with Crippen molar-refractivity contribution in [3.8, 4) is 0 Å². The van der Waals surface area contributed by atoms with E-state index in [1.165, 1.54) is 5.56 Å². The standard InChI is InChI=1S/C19H26N4O2/c1-13(2)17-15(11-21-22-17)19(24)20-12-16-18(23(3)9-10-25-16)14-7-5-4-6-8-14/h4-8,11,13,16,18H,9-10,12H2,1-3H3,(H,20,24)(H,21,22)/t16-,18-/m0/s1. The molecule has 1 aromatic carbocycles. The summed E-state index contributed by atoms with van der Waals surface area (Å²) in [6.45, 7) is 6.09. The lowest BCUT2D eigenvalue weighted by molar-refractivity contribution is -0.0605. The molecule has 0 saturated carbocycles. The quantitative estimate of drug-likeness (QED) is 0.875. The van der Waals surface area contributed by atoms with Crippen LogP contribution in [0.3, 0.4) is 0 Å². The van der Waals surface area contributed by atoms with E-state index < -0.39 is 0 Å². The predicted molar refractivity (Wildman–Crippen MR) is 96.6 cm³/mol. The molecule has 1 aliphatic rings. The minimum absolute atomic E-state index is 0.0838. The number of hydrogen-bond donors (Lipinski definition) is 2. The van der Waals surface area contributed by atoms with E-state index >= 15 is 0 Å². The minimum Gasteiger partial charge on any atom is -0.373 e. The number of nitrogens with one attached hydrogen (secondary N) is 2. The van der Waals surface area contributed by atoms with Crippen LogP contribution in [0.4, 0.5) is 0 Å². The van der Waals surface area contributed by atoms with Crippen molar-refractivity contribution in [1.82, 2.24) is 20.4 Å². The Balaban J connectivity index is 1.70. The first-order valence-corrected chi connectivity index (χ1v) is 8.76. The monoisotopic (exact) mass is 342 g/mol. The summed E-state index contributed by atoms with van der Waals surface area (Å²) in [4.78, 5) is 14.8. The predicted octanol–water partition coefficient (Wildman–Crippen LogP) is 2.33. The molecule has 2 aromatic rings. The topological polar surface area (TPSA) is 70.2 Å². The van der Waals surface area contributed by atoms with Gasteiger partial charge in [0.1, 0.15) is 0 Å². The van der Waals surface area contributed by atoms with Crippen molar-refractivity contribution >= 4 is 5.91 Å². The van der Waals surface area contributed by atoms with Gasteiger partial charge in [0.15, 0.2) is 0 Å². The third kappa shape index (κ3) is 3.91. The average Bonchev–Trinajstić information content (AvgIpc) is 3.10. The third-order valence-corrected chi connectivity index (χ3v) is 4.70. The zero-order valence-corrected chi connectivity index (χ0v) is 15.0. The summed E-state index contributed by atoms with van der Waals surface area (Å²) in [7, 11) is 2.10. The van der Waals surface area contributed by atoms with Gasteiger partial charge >= 0.3 is 0 Å². The van der Waals surface area contributed by atoms with Gasteiger partial charge in [0.05, 0.1) is 36.2 Å². The van der Waals surface area contributed by atoms with Crippen LogP contribution >= 0.6 is 0 Å². The molecule has 6 nitrogen and oxygen atoms in total. The van der Waals surface area contributed by atoms with E-state index in [0.29, 0.717) is 18.7 Å². The molecule has 1 fully saturated rings. The van der Waals surface area contributed by atoms with Crippen molar-refractivity contribution in [3.63, 3.8) is 0 Å². The highest BCUT2D eigenvalue weighted by molar-refractivity contribution is 5.95. The summed E-state index contributed by atoms with van der Waals surface area (Å²) in [5, 5.41) is 9.94. The van der Waals surface area contributed by atoms with Gasteiger partial charge in [-0.15, -0.1) is 0 Å². The fraction of sp³-hybridized carbons (Fsp3) is 0.474. The van der Waals surface area contributed by atoms with Crippen LogP contribution in [0, 0.1) is 0 Å². The molecule has 134 valence electrons. The van der Waals surface area contributed by atoms with Crippen LogP contribution in [-0.4, -0.2) is 53.9 Å². The molecule has 1 saturated heterocycles. The number of ether oxygens (including phenoxy) is 1. The molecule has 2 heterocycles. The number of benzene rings is 1. The molecular weight excluding hydrogens is 316 g/mol. The van der Waals surface area contributed by atoms with Crippen molar-refractivity contribution in [2.24, 2.45) is 0 Å². The molecule has 6 heteroatoms. The second-order valence-corrected chi connectivity index (χ2v) is 6.81. The third-order valence-electron chi connectivity index (χ3n) is 4.70. The number of aromatic nitrogens is 2. The Labute approximate surface area is 148 Å². The van der Waals surface area contributed by atoms with Crippen molar-refractivity contribution in [3.05, 3.63) is 53.3 Å². The van der Waals surface area contributed by atoms with Crippen LogP contribution in [-0.2, 0) is 4.74 Å². The maximum Gasteiger partial charge on any atom is 0.254 e. The molecule has 0 unspecified atom stereocenters. The van der Waals surface area contributed by atoms with Crippen molar-refractivity contribution in [2.75, 3.05) is 26.7 Å². The zero-order chi connectivity index (χ0) is 17.8. The lowest BCUT2D eigenvalue weighted by Crippen LogP contribution is -2.48. The van der Waals surface area contributed by atoms with E-state index in [1.807, 2.05) is 32.0 Å². The molecule has 0 spiro atoms. The van der Waals surface area contributed by atoms with Crippen molar-refractivity contribution in [1.29, 1.82) is 0 Å². The van der Waals surface area contributed by atoms with Gasteiger partial charge in [-0.1, -0.05) is 44.2 Å². The molecule has 2 N–H and O–H groups in total. The number of carbonyl (C=O) groups excluding carboxylic acids is 1. The van der Waals surface area contributed by atoms with Crippen LogP contribution in [0.2, 0.25) is 0 Å². The van der Waals surface area contributed by atoms with Crippen LogP contribution in [0.5, 0.6) is 0 Å². The number of aromatic amines is 1. The van der Waals surface area contributed by atoms with Gasteiger partial charge in [-0.2, -0.15) is 5.10 Å². The minimum atomic E-state index is -0.110. The molecule has 1 aromatic heterocycles. The fourth-order valence-corrected chi connectivity index (χ4v) is 3.36. The normalized spacial score (nSPS) is 21.4. The van der Waals surface area contributed by atoms with E-state index in [2.05, 4.69) is 39.6 Å². The molecule has 0 bridgehead atoms. The Morgan fingerprint density at radius 3 is 2.88 bits per heavy atom. The van der Waals surface area contributed by atoms with Crippen molar-refractivity contribution < 1.29 is 9.53 Å². The van der Waals surface area contributed by atoms with Gasteiger partial charge in [0, 0.05) is 13.1 Å². The molecule has 3 rings (SSSR count). The van der Waals surface area contributed by atoms with Gasteiger partial charge in [0.2, 0.25) is 0 Å². The second kappa shape index (κ2) is 7.80. The second-order valence-electron chi connectivity index (χ2n) is 6.81. The van der Waals surface area contributed by atoms with Gasteiger partial charge in [-0.05, 0) is 18.5 Å². The Morgan fingerprint density at radius 2 is 2.16 bits per heavy atom. The first-order valence-electron chi connectivity index (χ1n) is 8.76. The molecule has 1 aliphatic heterocycles. The number of amides is 1. The van der Waals surface area contributed by atoms with E-state index in [9.17, 15) is 4.79 Å². The highest BCUT2D eigenvalue weighted by Gasteiger charge is 2.32. The van der Waals surface area contributed by atoms with E-state index in [-0.39, 0.29) is 24.0 Å². The lowest BCUT2D eigenvalue weighted by atomic mass is 9.98. The first-order chi connectivity index (χ1) is 12.1. The number of H-pyrrole nitrogens is 1. The number of rotatable bonds is 5. The number of morpholine rings is 1. The Bertz CT molecular complexity index is 698. The van der Waals surface area contributed by atoms with E-state index in [1.54, 1.807) is 6.20 Å². The molecule has 1 amide bonds. The molecule has 0 aliphatic carbocycles. The largest absolute Gasteiger partial charge is 0.373 e. The van der Waals surface area contributed by atoms with E-state index in [4.69, 9.17) is 4.74 Å². The summed E-state index contributed by atoms with van der Waals surface area (Å²) in [5.74, 6) is 0.110. The first kappa shape index (κ1) is 17.6. The van der Waals surface area contributed by atoms with Gasteiger partial charge in [-0.25, -0.2) is 0 Å². The summed E-state index contributed by atoms with van der Waals surface area (Å²) < 4.78 is 5.98. The maximum atomic E-state index is 12.6. The number of hydrogen-bond acceptors (Lipinski definition) is 4. The molecule has 2 atom stereocenters. The Hall–Kier alpha value is -2.18. The summed E-state index contributed by atoms with van der Waals surface area (Å²) in [6, 6.07) is 10.4. The highest BCUT2D eigenvalue weighted by Crippen LogP contribution is 2.28. The number of likely N-dealkylation sites (N-methyl/N-ethyl adjacent to an activating group) is 1. The molecule has 0 radical (unpaired) electrons. The number of nitrogens with zero attached hydrogens (tertiary/aromatic N) is 2. The van der Waals surface area contributed by atoms with E-state index in [0.717, 1.165) is 12.2 Å². The van der Waals surface area contributed by atoms with Crippen molar-refractivity contribution in [2.45, 2.75) is 31.9 Å². The van der Waals surface area contributed by atoms with Crippen LogP contribution < -0.4 is 5.32 Å². The smallest absolute Gasteiger partial charge is 0.254 e. The van der Waals surface area contributed by atoms with Gasteiger partial charge in [0.25, 0.3) is 5.91 Å². The Kier molecular flexibility index (Phi) is 5.50. The van der Waals surface area contributed by atoms with Crippen LogP contribution in [0.1, 0.15) is 47.4 Å². The van der Waals surface area contributed by atoms with Crippen LogP contribution in [0.15, 0.2) is 36.5 Å². The maximum absolute atomic E-state index is 12.6. The summed E-state index contributed by atoms with van der Waals surface area (Å²) >= 11 is 0. The number of carbonyl (C=O) groups is 1.